The molecule has 1 aliphatic rings. The number of hydrogen-bond donors (Lipinski definition) is 0. The molecule has 0 radical (unpaired) electrons. The Labute approximate surface area is 167 Å². The molecule has 0 fully saturated rings. The Morgan fingerprint density at radius 3 is 2.52 bits per heavy atom. The molecule has 29 heavy (non-hydrogen) atoms. The summed E-state index contributed by atoms with van der Waals surface area (Å²) in [7, 11) is 0. The Hall–Kier alpha value is -3.19. The van der Waals surface area contributed by atoms with Gasteiger partial charge in [-0.25, -0.2) is 4.79 Å². The van der Waals surface area contributed by atoms with E-state index < -0.39 is 28.4 Å². The van der Waals surface area contributed by atoms with Crippen LogP contribution in [0.15, 0.2) is 57.7 Å². The Morgan fingerprint density at radius 1 is 1.10 bits per heavy atom. The maximum Gasteiger partial charge on any atom is 0.343 e. The molecule has 0 saturated heterocycles. The summed E-state index contributed by atoms with van der Waals surface area (Å²) in [5.74, 6) is -0.228. The van der Waals surface area contributed by atoms with E-state index >= 15 is 0 Å². The van der Waals surface area contributed by atoms with Gasteiger partial charge in [0.1, 0.15) is 11.3 Å². The number of fused-ring (bicyclic) bond motifs is 3. The molecule has 2 heterocycles. The zero-order chi connectivity index (χ0) is 20.8. The zero-order valence-electron chi connectivity index (χ0n) is 16.4. The Bertz CT molecular complexity index is 1140. The first-order valence-electron chi connectivity index (χ1n) is 9.38. The van der Waals surface area contributed by atoms with E-state index in [1.54, 1.807) is 36.4 Å². The molecule has 0 amide bonds. The van der Waals surface area contributed by atoms with Crippen molar-refractivity contribution in [3.8, 4) is 5.75 Å². The predicted molar refractivity (Wildman–Crippen MR) is 107 cm³/mol. The molecule has 3 aromatic rings. The fraction of sp³-hybridized carbons (Fsp3) is 0.318. The van der Waals surface area contributed by atoms with E-state index in [1.165, 1.54) is 6.07 Å². The largest absolute Gasteiger partial charge is 0.464 e. The first-order chi connectivity index (χ1) is 13.7. The molecule has 1 aliphatic heterocycles. The monoisotopic (exact) mass is 395 g/mol. The second-order valence-electron chi connectivity index (χ2n) is 8.01. The van der Waals surface area contributed by atoms with Gasteiger partial charge in [0.25, 0.3) is 5.69 Å². The van der Waals surface area contributed by atoms with Crippen LogP contribution in [0.1, 0.15) is 44.2 Å². The number of hydrogen-bond acceptors (Lipinski definition) is 6. The number of nitro benzene ring substituents is 1. The minimum absolute atomic E-state index is 0.0487. The summed E-state index contributed by atoms with van der Waals surface area (Å²) >= 11 is 0. The maximum absolute atomic E-state index is 12.9. The molecule has 0 spiro atoms. The first kappa shape index (κ1) is 19.1. The number of ether oxygens (including phenoxy) is 2. The van der Waals surface area contributed by atoms with Crippen molar-refractivity contribution in [2.75, 3.05) is 0 Å². The van der Waals surface area contributed by atoms with E-state index in [1.807, 2.05) is 26.8 Å². The number of nitrogens with zero attached hydrogens (tertiary/aromatic N) is 1. The van der Waals surface area contributed by atoms with Crippen LogP contribution in [0.2, 0.25) is 0 Å². The van der Waals surface area contributed by atoms with E-state index in [2.05, 4.69) is 0 Å². The average Bonchev–Trinajstić information content (AvgIpc) is 2.66. The van der Waals surface area contributed by atoms with Gasteiger partial charge in [0.15, 0.2) is 0 Å². The fourth-order valence-corrected chi connectivity index (χ4v) is 3.75. The van der Waals surface area contributed by atoms with Gasteiger partial charge >= 0.3 is 5.63 Å². The summed E-state index contributed by atoms with van der Waals surface area (Å²) in [5, 5.41) is 12.3. The highest BCUT2D eigenvalue weighted by molar-refractivity contribution is 5.85. The molecular weight excluding hydrogens is 374 g/mol. The highest BCUT2D eigenvalue weighted by atomic mass is 16.7. The molecule has 2 atom stereocenters. The fourth-order valence-electron chi connectivity index (χ4n) is 3.75. The van der Waals surface area contributed by atoms with Crippen LogP contribution in [0, 0.1) is 10.1 Å². The molecule has 4 rings (SSSR count). The normalized spacial score (nSPS) is 18.9. The van der Waals surface area contributed by atoms with Crippen LogP contribution in [0.5, 0.6) is 5.75 Å². The van der Waals surface area contributed by atoms with Crippen molar-refractivity contribution >= 4 is 16.7 Å². The number of rotatable bonds is 3. The van der Waals surface area contributed by atoms with Crippen molar-refractivity contribution in [3.63, 3.8) is 0 Å². The molecule has 0 saturated carbocycles. The Balaban J connectivity index is 1.96. The van der Waals surface area contributed by atoms with Gasteiger partial charge in [-0.3, -0.25) is 10.1 Å². The topological polar surface area (TPSA) is 91.8 Å². The van der Waals surface area contributed by atoms with Crippen LogP contribution in [0.4, 0.5) is 5.69 Å². The van der Waals surface area contributed by atoms with Crippen LogP contribution in [-0.2, 0) is 4.74 Å². The van der Waals surface area contributed by atoms with Crippen molar-refractivity contribution in [2.24, 2.45) is 0 Å². The number of para-hydroxylation sites is 2. The lowest BCUT2D eigenvalue weighted by molar-refractivity contribution is -0.385. The van der Waals surface area contributed by atoms with Crippen molar-refractivity contribution in [1.29, 1.82) is 0 Å². The molecule has 7 heteroatoms. The van der Waals surface area contributed by atoms with Gasteiger partial charge in [-0.1, -0.05) is 30.3 Å². The van der Waals surface area contributed by atoms with Gasteiger partial charge < -0.3 is 13.9 Å². The maximum atomic E-state index is 12.9. The highest BCUT2D eigenvalue weighted by Gasteiger charge is 2.39. The summed E-state index contributed by atoms with van der Waals surface area (Å²) in [5.41, 5.74) is 0.0151. The molecule has 7 nitrogen and oxygen atoms in total. The van der Waals surface area contributed by atoms with E-state index in [0.717, 1.165) is 0 Å². The van der Waals surface area contributed by atoms with Crippen molar-refractivity contribution < 1.29 is 18.8 Å². The molecule has 0 N–H and O–H groups in total. The molecule has 0 aliphatic carbocycles. The minimum atomic E-state index is -0.669. The second-order valence-corrected chi connectivity index (χ2v) is 8.01. The van der Waals surface area contributed by atoms with Crippen molar-refractivity contribution in [3.05, 3.63) is 80.2 Å². The SMILES string of the molecule is CC(C)(C)O[C@H]1C[C@H](c2ccccc2[N+](=O)[O-])c2c(c3ccccc3oc2=O)O1. The lowest BCUT2D eigenvalue weighted by atomic mass is 9.85. The third kappa shape index (κ3) is 3.61. The van der Waals surface area contributed by atoms with Gasteiger partial charge in [-0.15, -0.1) is 0 Å². The summed E-state index contributed by atoms with van der Waals surface area (Å²) in [6.45, 7) is 5.72. The third-order valence-corrected chi connectivity index (χ3v) is 4.82. The second kappa shape index (κ2) is 7.00. The molecule has 0 bridgehead atoms. The number of nitro groups is 1. The predicted octanol–water partition coefficient (Wildman–Crippen LogP) is 4.76. The molecule has 0 unspecified atom stereocenters. The van der Waals surface area contributed by atoms with E-state index in [-0.39, 0.29) is 17.7 Å². The first-order valence-corrected chi connectivity index (χ1v) is 9.38. The van der Waals surface area contributed by atoms with Gasteiger partial charge in [-0.05, 0) is 32.9 Å². The third-order valence-electron chi connectivity index (χ3n) is 4.82. The standard InChI is InChI=1S/C22H21NO6/c1-22(2,3)29-18-12-15(13-8-4-6-10-16(13)23(25)26)19-20(28-18)14-9-5-7-11-17(14)27-21(19)24/h4-11,15,18H,12H2,1-3H3/t15-,18+/m1/s1. The molecule has 2 aromatic carbocycles. The van der Waals surface area contributed by atoms with Gasteiger partial charge in [0, 0.05) is 24.0 Å². The zero-order valence-corrected chi connectivity index (χ0v) is 16.4. The van der Waals surface area contributed by atoms with Crippen LogP contribution >= 0.6 is 0 Å². The van der Waals surface area contributed by atoms with Crippen LogP contribution in [0.3, 0.4) is 0 Å². The minimum Gasteiger partial charge on any atom is -0.464 e. The lowest BCUT2D eigenvalue weighted by Gasteiger charge is -2.35. The van der Waals surface area contributed by atoms with Crippen molar-refractivity contribution in [2.45, 2.75) is 45.0 Å². The number of benzene rings is 2. The highest BCUT2D eigenvalue weighted by Crippen LogP contribution is 2.45. The quantitative estimate of drug-likeness (QED) is 0.361. The average molecular weight is 395 g/mol. The Kier molecular flexibility index (Phi) is 4.62. The molecular formula is C22H21NO6. The van der Waals surface area contributed by atoms with Gasteiger partial charge in [-0.2, -0.15) is 0 Å². The van der Waals surface area contributed by atoms with E-state index in [9.17, 15) is 14.9 Å². The van der Waals surface area contributed by atoms with Crippen LogP contribution in [0.25, 0.3) is 11.0 Å². The van der Waals surface area contributed by atoms with Gasteiger partial charge in [0.05, 0.1) is 21.5 Å². The molecule has 150 valence electrons. The lowest BCUT2D eigenvalue weighted by Crippen LogP contribution is -2.37. The summed E-state index contributed by atoms with van der Waals surface area (Å²) in [6.07, 6.45) is -0.407. The van der Waals surface area contributed by atoms with Gasteiger partial charge in [0.2, 0.25) is 6.29 Å². The smallest absolute Gasteiger partial charge is 0.343 e. The summed E-state index contributed by atoms with van der Waals surface area (Å²) in [4.78, 5) is 24.1. The Morgan fingerprint density at radius 2 is 1.79 bits per heavy atom. The van der Waals surface area contributed by atoms with Crippen LogP contribution < -0.4 is 10.4 Å². The summed E-state index contributed by atoms with van der Waals surface area (Å²) in [6, 6.07) is 13.5. The van der Waals surface area contributed by atoms with E-state index in [0.29, 0.717) is 22.3 Å². The van der Waals surface area contributed by atoms with Crippen molar-refractivity contribution in [1.82, 2.24) is 0 Å². The van der Waals surface area contributed by atoms with E-state index in [4.69, 9.17) is 13.9 Å². The van der Waals surface area contributed by atoms with Crippen LogP contribution in [-0.4, -0.2) is 16.8 Å². The summed E-state index contributed by atoms with van der Waals surface area (Å²) < 4.78 is 17.7. The molecule has 1 aromatic heterocycles.